The summed E-state index contributed by atoms with van der Waals surface area (Å²) in [7, 11) is 0. The Kier molecular flexibility index (Phi) is 8.33. The van der Waals surface area contributed by atoms with Crippen molar-refractivity contribution in [3.05, 3.63) is 104 Å². The van der Waals surface area contributed by atoms with Crippen molar-refractivity contribution in [2.75, 3.05) is 5.32 Å². The van der Waals surface area contributed by atoms with Crippen LogP contribution in [0.5, 0.6) is 0 Å². The molecule has 3 aromatic carbocycles. The first-order valence-corrected chi connectivity index (χ1v) is 12.4. The number of nitrogens with zero attached hydrogens (tertiary/aromatic N) is 2. The van der Waals surface area contributed by atoms with Crippen LogP contribution in [-0.2, 0) is 6.54 Å². The molecule has 198 valence electrons. The van der Waals surface area contributed by atoms with Crippen LogP contribution in [0.25, 0.3) is 0 Å². The van der Waals surface area contributed by atoms with Crippen molar-refractivity contribution in [3.8, 4) is 0 Å². The average molecular weight is 543 g/mol. The summed E-state index contributed by atoms with van der Waals surface area (Å²) in [5.74, 6) is -2.81. The minimum Gasteiger partial charge on any atom is -0.330 e. The van der Waals surface area contributed by atoms with Crippen molar-refractivity contribution >= 4 is 34.8 Å². The molecule has 1 aliphatic rings. The molecule has 8 nitrogen and oxygen atoms in total. The number of hydrogen-bond donors (Lipinski definition) is 2. The van der Waals surface area contributed by atoms with Crippen molar-refractivity contribution in [2.45, 2.75) is 44.3 Å². The van der Waals surface area contributed by atoms with Gasteiger partial charge in [-0.05, 0) is 60.9 Å². The largest absolute Gasteiger partial charge is 0.330 e. The predicted molar refractivity (Wildman–Crippen MR) is 139 cm³/mol. The number of rotatable bonds is 7. The van der Waals surface area contributed by atoms with Gasteiger partial charge in [0.1, 0.15) is 11.6 Å². The third-order valence-electron chi connectivity index (χ3n) is 6.54. The van der Waals surface area contributed by atoms with Gasteiger partial charge < -0.3 is 16.0 Å². The van der Waals surface area contributed by atoms with Gasteiger partial charge in [0.15, 0.2) is 0 Å². The highest BCUT2D eigenvalue weighted by Crippen LogP contribution is 2.29. The molecule has 4 rings (SSSR count). The van der Waals surface area contributed by atoms with E-state index < -0.39 is 28.4 Å². The average Bonchev–Trinajstić information content (AvgIpc) is 2.88. The molecule has 0 bridgehead atoms. The summed E-state index contributed by atoms with van der Waals surface area (Å²) in [5.41, 5.74) is 7.17. The van der Waals surface area contributed by atoms with Gasteiger partial charge in [0.05, 0.1) is 4.92 Å². The minimum atomic E-state index is -0.866. The molecule has 0 heterocycles. The molecular weight excluding hydrogens is 518 g/mol. The lowest BCUT2D eigenvalue weighted by Gasteiger charge is -2.38. The highest BCUT2D eigenvalue weighted by molar-refractivity contribution is 6.31. The molecule has 2 unspecified atom stereocenters. The quantitative estimate of drug-likeness (QED) is 0.293. The van der Waals surface area contributed by atoms with Gasteiger partial charge in [-0.2, -0.15) is 0 Å². The summed E-state index contributed by atoms with van der Waals surface area (Å²) in [6.45, 7) is -0.00456. The maximum atomic E-state index is 13.9. The molecule has 1 aliphatic carbocycles. The highest BCUT2D eigenvalue weighted by atomic mass is 35.5. The first-order chi connectivity index (χ1) is 18.1. The van der Waals surface area contributed by atoms with E-state index in [1.54, 1.807) is 18.2 Å². The Bertz CT molecular complexity index is 1350. The van der Waals surface area contributed by atoms with E-state index in [2.05, 4.69) is 5.32 Å². The summed E-state index contributed by atoms with van der Waals surface area (Å²) in [6.07, 6.45) is 3.09. The number of anilines is 1. The van der Waals surface area contributed by atoms with Crippen LogP contribution in [0.2, 0.25) is 5.02 Å². The number of carbonyl (C=O) groups excluding carboxylic acids is 2. The van der Waals surface area contributed by atoms with Gasteiger partial charge >= 0.3 is 0 Å². The van der Waals surface area contributed by atoms with E-state index >= 15 is 0 Å². The van der Waals surface area contributed by atoms with E-state index in [0.29, 0.717) is 35.2 Å². The molecule has 3 aromatic rings. The molecule has 0 aliphatic heterocycles. The van der Waals surface area contributed by atoms with Crippen LogP contribution in [0.1, 0.15) is 52.0 Å². The topological polar surface area (TPSA) is 119 Å². The molecule has 0 saturated heterocycles. The molecule has 11 heteroatoms. The number of hydrogen-bond acceptors (Lipinski definition) is 5. The fraction of sp³-hybridized carbons (Fsp3) is 0.259. The first kappa shape index (κ1) is 27.2. The summed E-state index contributed by atoms with van der Waals surface area (Å²) < 4.78 is 27.8. The SMILES string of the molecule is NC1CCCCC1N(Cc1cc(NC(=O)c2ccc([N+](=O)[O-])cc2)ccc1Cl)C(=O)c1cc(F)cc(F)c1. The smallest absolute Gasteiger partial charge is 0.269 e. The predicted octanol–water partition coefficient (Wildman–Crippen LogP) is 5.69. The number of halogens is 3. The lowest BCUT2D eigenvalue weighted by Crippen LogP contribution is -2.51. The van der Waals surface area contributed by atoms with E-state index in [9.17, 15) is 28.5 Å². The Hall–Kier alpha value is -3.89. The molecule has 0 spiro atoms. The minimum absolute atomic E-state index is 0.00456. The second-order valence-electron chi connectivity index (χ2n) is 9.17. The van der Waals surface area contributed by atoms with Crippen LogP contribution in [0.4, 0.5) is 20.2 Å². The number of nitro benzene ring substituents is 1. The lowest BCUT2D eigenvalue weighted by atomic mass is 9.89. The number of nitrogens with one attached hydrogen (secondary N) is 1. The van der Waals surface area contributed by atoms with Gasteiger partial charge in [0, 0.05) is 58.7 Å². The van der Waals surface area contributed by atoms with E-state index in [-0.39, 0.29) is 35.4 Å². The fourth-order valence-corrected chi connectivity index (χ4v) is 4.78. The molecule has 0 aromatic heterocycles. The monoisotopic (exact) mass is 542 g/mol. The lowest BCUT2D eigenvalue weighted by molar-refractivity contribution is -0.384. The third-order valence-corrected chi connectivity index (χ3v) is 6.91. The van der Waals surface area contributed by atoms with Crippen molar-refractivity contribution in [1.82, 2.24) is 4.90 Å². The number of benzene rings is 3. The molecule has 1 saturated carbocycles. The first-order valence-electron chi connectivity index (χ1n) is 12.0. The maximum Gasteiger partial charge on any atom is 0.269 e. The van der Waals surface area contributed by atoms with Gasteiger partial charge in [0.25, 0.3) is 17.5 Å². The number of carbonyl (C=O) groups is 2. The second kappa shape index (κ2) is 11.7. The number of amides is 2. The van der Waals surface area contributed by atoms with Gasteiger partial charge in [-0.3, -0.25) is 19.7 Å². The maximum absolute atomic E-state index is 13.9. The second-order valence-corrected chi connectivity index (χ2v) is 9.58. The number of nitrogens with two attached hydrogens (primary N) is 1. The van der Waals surface area contributed by atoms with Gasteiger partial charge in [-0.1, -0.05) is 24.4 Å². The highest BCUT2D eigenvalue weighted by Gasteiger charge is 2.32. The van der Waals surface area contributed by atoms with Crippen LogP contribution < -0.4 is 11.1 Å². The van der Waals surface area contributed by atoms with Crippen molar-refractivity contribution in [3.63, 3.8) is 0 Å². The summed E-state index contributed by atoms with van der Waals surface area (Å²) >= 11 is 6.45. The Morgan fingerprint density at radius 2 is 1.66 bits per heavy atom. The van der Waals surface area contributed by atoms with E-state index in [4.69, 9.17) is 17.3 Å². The van der Waals surface area contributed by atoms with Gasteiger partial charge in [0.2, 0.25) is 0 Å². The number of nitro groups is 1. The normalized spacial score (nSPS) is 17.1. The Balaban J connectivity index is 1.61. The van der Waals surface area contributed by atoms with Gasteiger partial charge in [-0.25, -0.2) is 8.78 Å². The molecule has 2 atom stereocenters. The molecule has 3 N–H and O–H groups in total. The fourth-order valence-electron chi connectivity index (χ4n) is 4.60. The zero-order chi connectivity index (χ0) is 27.4. The molecular formula is C27H25ClF2N4O4. The van der Waals surface area contributed by atoms with Crippen LogP contribution in [0.15, 0.2) is 60.7 Å². The number of non-ortho nitro benzene ring substituents is 1. The summed E-state index contributed by atoms with van der Waals surface area (Å²) in [6, 6.07) is 11.8. The van der Waals surface area contributed by atoms with Crippen molar-refractivity contribution < 1.29 is 23.3 Å². The molecule has 0 radical (unpaired) electrons. The zero-order valence-corrected chi connectivity index (χ0v) is 21.0. The third kappa shape index (κ3) is 6.32. The van der Waals surface area contributed by atoms with Gasteiger partial charge in [-0.15, -0.1) is 0 Å². The molecule has 38 heavy (non-hydrogen) atoms. The van der Waals surface area contributed by atoms with Crippen molar-refractivity contribution in [1.29, 1.82) is 0 Å². The van der Waals surface area contributed by atoms with Crippen LogP contribution in [0, 0.1) is 21.7 Å². The van der Waals surface area contributed by atoms with E-state index in [1.165, 1.54) is 29.2 Å². The standard InChI is InChI=1S/C27H25ClF2N4O4/c28-23-10-7-21(32-26(35)16-5-8-22(9-6-16)34(37)38)13-18(23)15-33(25-4-2-1-3-24(25)31)27(36)17-11-19(29)14-20(30)12-17/h5-14,24-25H,1-4,15,31H2,(H,32,35). The van der Waals surface area contributed by atoms with E-state index in [1.807, 2.05) is 0 Å². The molecule has 1 fully saturated rings. The Morgan fingerprint density at radius 1 is 1.00 bits per heavy atom. The van der Waals surface area contributed by atoms with Crippen LogP contribution >= 0.6 is 11.6 Å². The zero-order valence-electron chi connectivity index (χ0n) is 20.2. The van der Waals surface area contributed by atoms with Crippen molar-refractivity contribution in [2.24, 2.45) is 5.73 Å². The van der Waals surface area contributed by atoms with Crippen LogP contribution in [0.3, 0.4) is 0 Å². The molecule has 2 amide bonds. The summed E-state index contributed by atoms with van der Waals surface area (Å²) in [5, 5.41) is 13.9. The van der Waals surface area contributed by atoms with Crippen LogP contribution in [-0.4, -0.2) is 33.7 Å². The Morgan fingerprint density at radius 3 is 2.29 bits per heavy atom. The van der Waals surface area contributed by atoms with E-state index in [0.717, 1.165) is 25.0 Å². The Labute approximate surface area is 222 Å². The summed E-state index contributed by atoms with van der Waals surface area (Å²) in [4.78, 5) is 38.0.